The molecular formula is C12H7BrF3NOS. The molecule has 0 saturated heterocycles. The van der Waals surface area contributed by atoms with Crippen molar-refractivity contribution in [3.63, 3.8) is 0 Å². The van der Waals surface area contributed by atoms with Crippen molar-refractivity contribution in [3.05, 3.63) is 50.4 Å². The Kier molecular flexibility index (Phi) is 4.26. The molecule has 2 nitrogen and oxygen atoms in total. The van der Waals surface area contributed by atoms with Crippen molar-refractivity contribution in [2.45, 2.75) is 6.42 Å². The quantitative estimate of drug-likeness (QED) is 0.830. The summed E-state index contributed by atoms with van der Waals surface area (Å²) in [7, 11) is 0. The molecule has 0 aliphatic rings. The first-order valence-corrected chi connectivity index (χ1v) is 6.76. The number of benzene rings is 1. The molecular weight excluding hydrogens is 343 g/mol. The Morgan fingerprint density at radius 2 is 1.89 bits per heavy atom. The number of hydrogen-bond acceptors (Lipinski definition) is 2. The van der Waals surface area contributed by atoms with Crippen molar-refractivity contribution in [1.29, 1.82) is 0 Å². The van der Waals surface area contributed by atoms with E-state index in [1.165, 1.54) is 11.3 Å². The van der Waals surface area contributed by atoms with Gasteiger partial charge in [-0.15, -0.1) is 11.3 Å². The molecule has 0 spiro atoms. The zero-order chi connectivity index (χ0) is 14.0. The monoisotopic (exact) mass is 349 g/mol. The van der Waals surface area contributed by atoms with Gasteiger partial charge in [0.05, 0.1) is 15.9 Å². The largest absolute Gasteiger partial charge is 0.323 e. The van der Waals surface area contributed by atoms with E-state index in [9.17, 15) is 18.0 Å². The van der Waals surface area contributed by atoms with Crippen LogP contribution in [0.3, 0.4) is 0 Å². The van der Waals surface area contributed by atoms with Crippen LogP contribution in [0.5, 0.6) is 0 Å². The van der Waals surface area contributed by atoms with Gasteiger partial charge in [0.25, 0.3) is 0 Å². The second-order valence-electron chi connectivity index (χ2n) is 3.65. The minimum atomic E-state index is -1.60. The van der Waals surface area contributed by atoms with E-state index in [1.807, 2.05) is 0 Å². The normalized spacial score (nSPS) is 10.5. The third-order valence-electron chi connectivity index (χ3n) is 2.27. The molecule has 0 aliphatic carbocycles. The maximum absolute atomic E-state index is 13.3. The number of anilines is 1. The molecule has 1 heterocycles. The molecule has 100 valence electrons. The van der Waals surface area contributed by atoms with Crippen LogP contribution < -0.4 is 5.32 Å². The Labute approximate surface area is 119 Å². The number of carbonyl (C=O) groups excluding carboxylic acids is 1. The van der Waals surface area contributed by atoms with Gasteiger partial charge in [-0.25, -0.2) is 13.2 Å². The summed E-state index contributed by atoms with van der Waals surface area (Å²) in [5.74, 6) is -4.80. The first kappa shape index (κ1) is 14.1. The van der Waals surface area contributed by atoms with E-state index in [-0.39, 0.29) is 12.1 Å². The lowest BCUT2D eigenvalue weighted by Crippen LogP contribution is -2.15. The van der Waals surface area contributed by atoms with Gasteiger partial charge in [0.1, 0.15) is 0 Å². The van der Waals surface area contributed by atoms with Crippen molar-refractivity contribution in [2.75, 3.05) is 5.32 Å². The molecule has 0 atom stereocenters. The molecule has 0 saturated carbocycles. The molecule has 0 radical (unpaired) electrons. The molecule has 1 N–H and O–H groups in total. The third-order valence-corrected chi connectivity index (χ3v) is 3.90. The fourth-order valence-electron chi connectivity index (χ4n) is 1.42. The van der Waals surface area contributed by atoms with Crippen molar-refractivity contribution in [3.8, 4) is 0 Å². The maximum atomic E-state index is 13.3. The van der Waals surface area contributed by atoms with Gasteiger partial charge >= 0.3 is 0 Å². The number of hydrogen-bond donors (Lipinski definition) is 1. The highest BCUT2D eigenvalue weighted by Crippen LogP contribution is 2.23. The van der Waals surface area contributed by atoms with E-state index < -0.39 is 23.4 Å². The average molecular weight is 350 g/mol. The van der Waals surface area contributed by atoms with Crippen LogP contribution in [-0.2, 0) is 11.2 Å². The third kappa shape index (κ3) is 3.36. The van der Waals surface area contributed by atoms with Gasteiger partial charge in [0.2, 0.25) is 5.91 Å². The summed E-state index contributed by atoms with van der Waals surface area (Å²) in [6, 6.07) is 5.27. The molecule has 2 rings (SSSR count). The first-order valence-electron chi connectivity index (χ1n) is 5.15. The molecule has 0 fully saturated rings. The van der Waals surface area contributed by atoms with Crippen LogP contribution in [0.2, 0.25) is 0 Å². The molecule has 1 amide bonds. The summed E-state index contributed by atoms with van der Waals surface area (Å²) in [6.45, 7) is 0. The standard InChI is InChI=1S/C12H7BrF3NOS/c13-9-4-1-6(19-9)5-10(18)17-8-3-2-7(14)11(15)12(8)16/h1-4H,5H2,(H,17,18). The van der Waals surface area contributed by atoms with E-state index in [2.05, 4.69) is 21.2 Å². The minimum Gasteiger partial charge on any atom is -0.323 e. The van der Waals surface area contributed by atoms with Crippen LogP contribution >= 0.6 is 27.3 Å². The van der Waals surface area contributed by atoms with Crippen LogP contribution in [-0.4, -0.2) is 5.91 Å². The van der Waals surface area contributed by atoms with Crippen LogP contribution in [0.25, 0.3) is 0 Å². The lowest BCUT2D eigenvalue weighted by atomic mass is 10.2. The fraction of sp³-hybridized carbons (Fsp3) is 0.0833. The van der Waals surface area contributed by atoms with Gasteiger partial charge in [-0.2, -0.15) is 0 Å². The van der Waals surface area contributed by atoms with E-state index in [0.29, 0.717) is 0 Å². The molecule has 0 bridgehead atoms. The van der Waals surface area contributed by atoms with E-state index >= 15 is 0 Å². The Balaban J connectivity index is 2.09. The van der Waals surface area contributed by atoms with E-state index in [4.69, 9.17) is 0 Å². The van der Waals surface area contributed by atoms with Gasteiger partial charge in [-0.05, 0) is 40.2 Å². The maximum Gasteiger partial charge on any atom is 0.229 e. The van der Waals surface area contributed by atoms with Crippen LogP contribution in [0.15, 0.2) is 28.1 Å². The number of rotatable bonds is 3. The molecule has 19 heavy (non-hydrogen) atoms. The number of halogens is 4. The van der Waals surface area contributed by atoms with Gasteiger partial charge < -0.3 is 5.32 Å². The fourth-order valence-corrected chi connectivity index (χ4v) is 2.90. The van der Waals surface area contributed by atoms with Gasteiger partial charge in [-0.3, -0.25) is 4.79 Å². The number of thiophene rings is 1. The smallest absolute Gasteiger partial charge is 0.229 e. The van der Waals surface area contributed by atoms with Crippen molar-refractivity contribution >= 4 is 38.9 Å². The molecule has 7 heteroatoms. The summed E-state index contributed by atoms with van der Waals surface area (Å²) >= 11 is 4.62. The lowest BCUT2D eigenvalue weighted by molar-refractivity contribution is -0.115. The SMILES string of the molecule is O=C(Cc1ccc(Br)s1)Nc1ccc(F)c(F)c1F. The Hall–Kier alpha value is -1.34. The lowest BCUT2D eigenvalue weighted by Gasteiger charge is -2.06. The first-order chi connectivity index (χ1) is 8.97. The summed E-state index contributed by atoms with van der Waals surface area (Å²) < 4.78 is 39.9. The summed E-state index contributed by atoms with van der Waals surface area (Å²) in [5.41, 5.74) is -0.375. The highest BCUT2D eigenvalue weighted by molar-refractivity contribution is 9.11. The molecule has 0 unspecified atom stereocenters. The van der Waals surface area contributed by atoms with Crippen molar-refractivity contribution in [2.24, 2.45) is 0 Å². The van der Waals surface area contributed by atoms with Crippen LogP contribution in [0.1, 0.15) is 4.88 Å². The highest BCUT2D eigenvalue weighted by Gasteiger charge is 2.15. The van der Waals surface area contributed by atoms with Crippen molar-refractivity contribution < 1.29 is 18.0 Å². The van der Waals surface area contributed by atoms with Gasteiger partial charge in [-0.1, -0.05) is 0 Å². The Bertz CT molecular complexity index is 629. The molecule has 0 aliphatic heterocycles. The Morgan fingerprint density at radius 3 is 2.53 bits per heavy atom. The van der Waals surface area contributed by atoms with Crippen LogP contribution in [0.4, 0.5) is 18.9 Å². The zero-order valence-electron chi connectivity index (χ0n) is 9.34. The molecule has 1 aromatic carbocycles. The van der Waals surface area contributed by atoms with Gasteiger partial charge in [0, 0.05) is 4.88 Å². The summed E-state index contributed by atoms with van der Waals surface area (Å²) in [4.78, 5) is 12.4. The van der Waals surface area contributed by atoms with Crippen molar-refractivity contribution in [1.82, 2.24) is 0 Å². The summed E-state index contributed by atoms with van der Waals surface area (Å²) in [6.07, 6.45) is 0.0364. The number of amides is 1. The zero-order valence-corrected chi connectivity index (χ0v) is 11.7. The predicted molar refractivity (Wildman–Crippen MR) is 70.7 cm³/mol. The van der Waals surface area contributed by atoms with E-state index in [0.717, 1.165) is 20.8 Å². The van der Waals surface area contributed by atoms with E-state index in [1.54, 1.807) is 12.1 Å². The molecule has 1 aromatic heterocycles. The van der Waals surface area contributed by atoms with Crippen LogP contribution in [0, 0.1) is 17.5 Å². The topological polar surface area (TPSA) is 29.1 Å². The second kappa shape index (κ2) is 5.75. The summed E-state index contributed by atoms with van der Waals surface area (Å²) in [5, 5.41) is 2.21. The average Bonchev–Trinajstić information content (AvgIpc) is 2.75. The minimum absolute atomic E-state index is 0.0364. The highest BCUT2D eigenvalue weighted by atomic mass is 79.9. The molecule has 2 aromatic rings. The Morgan fingerprint density at radius 1 is 1.16 bits per heavy atom. The van der Waals surface area contributed by atoms with Gasteiger partial charge in [0.15, 0.2) is 17.5 Å². The predicted octanol–water partition coefficient (Wildman–Crippen LogP) is 4.11. The number of carbonyl (C=O) groups is 1. The second-order valence-corrected chi connectivity index (χ2v) is 6.20. The number of nitrogens with one attached hydrogen (secondary N) is 1.